The number of methoxy groups -OCH3 is 1. The molecule has 1 aliphatic heterocycles. The second kappa shape index (κ2) is 9.95. The fraction of sp³-hybridized carbons (Fsp3) is 0.917. The van der Waals surface area contributed by atoms with Crippen LogP contribution in [0.3, 0.4) is 0 Å². The normalized spacial score (nSPS) is 20.9. The number of esters is 1. The molecule has 0 amide bonds. The molecule has 1 aliphatic rings. The summed E-state index contributed by atoms with van der Waals surface area (Å²) in [4.78, 5) is 11.4. The van der Waals surface area contributed by atoms with Crippen molar-refractivity contribution in [3.63, 3.8) is 0 Å². The molecule has 1 N–H and O–H groups in total. The topological polar surface area (TPSA) is 55.8 Å². The molecular weight excluding hydrogens is 272 g/mol. The van der Waals surface area contributed by atoms with E-state index in [1.165, 1.54) is 25.7 Å². The van der Waals surface area contributed by atoms with Gasteiger partial charge in [0.1, 0.15) is 12.7 Å². The molecule has 1 fully saturated rings. The molecule has 18 heavy (non-hydrogen) atoms. The Morgan fingerprint density at radius 3 is 2.94 bits per heavy atom. The molecule has 0 aromatic heterocycles. The van der Waals surface area contributed by atoms with E-state index < -0.39 is 6.10 Å². The van der Waals surface area contributed by atoms with E-state index in [1.807, 2.05) is 21.6 Å². The summed E-state index contributed by atoms with van der Waals surface area (Å²) < 4.78 is 9.70. The van der Waals surface area contributed by atoms with Crippen LogP contribution >= 0.6 is 21.6 Å². The van der Waals surface area contributed by atoms with Crippen LogP contribution in [0.5, 0.6) is 0 Å². The van der Waals surface area contributed by atoms with Gasteiger partial charge in [-0.2, -0.15) is 0 Å². The molecular formula is C12H22O4S2. The van der Waals surface area contributed by atoms with Crippen LogP contribution in [0.1, 0.15) is 32.1 Å². The molecule has 0 spiro atoms. The van der Waals surface area contributed by atoms with Crippen molar-refractivity contribution >= 4 is 27.6 Å². The van der Waals surface area contributed by atoms with Gasteiger partial charge in [0.15, 0.2) is 0 Å². The van der Waals surface area contributed by atoms with Crippen molar-refractivity contribution in [1.29, 1.82) is 0 Å². The van der Waals surface area contributed by atoms with Crippen molar-refractivity contribution in [3.8, 4) is 0 Å². The molecule has 0 radical (unpaired) electrons. The van der Waals surface area contributed by atoms with E-state index in [-0.39, 0.29) is 19.2 Å². The molecule has 1 saturated heterocycles. The number of hydrogen-bond acceptors (Lipinski definition) is 6. The highest BCUT2D eigenvalue weighted by atomic mass is 33.1. The van der Waals surface area contributed by atoms with Gasteiger partial charge in [0.05, 0.1) is 6.61 Å². The quantitative estimate of drug-likeness (QED) is 0.400. The lowest BCUT2D eigenvalue weighted by Gasteiger charge is -2.10. The number of carbonyl (C=O) groups excluding carboxylic acids is 1. The first-order valence-corrected chi connectivity index (χ1v) is 8.71. The van der Waals surface area contributed by atoms with Gasteiger partial charge in [-0.05, 0) is 19.3 Å². The molecule has 2 atom stereocenters. The first-order chi connectivity index (χ1) is 8.72. The molecule has 2 unspecified atom stereocenters. The van der Waals surface area contributed by atoms with E-state index in [1.54, 1.807) is 0 Å². The van der Waals surface area contributed by atoms with Gasteiger partial charge in [-0.15, -0.1) is 0 Å². The third-order valence-corrected chi connectivity index (χ3v) is 5.69. The molecule has 0 aromatic carbocycles. The van der Waals surface area contributed by atoms with Gasteiger partial charge in [0.2, 0.25) is 0 Å². The second-order valence-electron chi connectivity index (χ2n) is 4.37. The van der Waals surface area contributed by atoms with Gasteiger partial charge in [-0.3, -0.25) is 4.79 Å². The predicted molar refractivity (Wildman–Crippen MR) is 75.8 cm³/mol. The highest BCUT2D eigenvalue weighted by Crippen LogP contribution is 2.39. The number of hydrogen-bond donors (Lipinski definition) is 1. The summed E-state index contributed by atoms with van der Waals surface area (Å²) in [6, 6.07) is 0. The van der Waals surface area contributed by atoms with Crippen LogP contribution in [0, 0.1) is 0 Å². The smallest absolute Gasteiger partial charge is 0.305 e. The minimum atomic E-state index is -0.717. The Bertz CT molecular complexity index is 232. The van der Waals surface area contributed by atoms with E-state index >= 15 is 0 Å². The zero-order valence-corrected chi connectivity index (χ0v) is 12.4. The summed E-state index contributed by atoms with van der Waals surface area (Å²) in [5, 5.41) is 10.1. The van der Waals surface area contributed by atoms with Crippen molar-refractivity contribution in [3.05, 3.63) is 0 Å². The Labute approximate surface area is 117 Å². The predicted octanol–water partition coefficient (Wildman–Crippen LogP) is 2.25. The number of aliphatic hydroxyl groups excluding tert-OH is 1. The summed E-state index contributed by atoms with van der Waals surface area (Å²) in [6.45, 7) is 0.228. The van der Waals surface area contributed by atoms with Crippen LogP contribution < -0.4 is 0 Å². The van der Waals surface area contributed by atoms with E-state index in [0.29, 0.717) is 6.42 Å². The molecule has 1 rings (SSSR count). The average molecular weight is 294 g/mol. The average Bonchev–Trinajstić information content (AvgIpc) is 2.85. The molecule has 106 valence electrons. The van der Waals surface area contributed by atoms with E-state index in [2.05, 4.69) is 0 Å². The van der Waals surface area contributed by atoms with Crippen LogP contribution in [0.15, 0.2) is 0 Å². The monoisotopic (exact) mass is 294 g/mol. The van der Waals surface area contributed by atoms with Crippen LogP contribution in [0.4, 0.5) is 0 Å². The van der Waals surface area contributed by atoms with Crippen LogP contribution in [0.25, 0.3) is 0 Å². The zero-order chi connectivity index (χ0) is 13.2. The van der Waals surface area contributed by atoms with Gasteiger partial charge >= 0.3 is 5.97 Å². The van der Waals surface area contributed by atoms with Gasteiger partial charge in [-0.1, -0.05) is 28.0 Å². The van der Waals surface area contributed by atoms with Crippen molar-refractivity contribution in [2.75, 3.05) is 26.1 Å². The SMILES string of the molecule is COCC(O)COC(=O)CCCCC1CCSS1. The third-order valence-electron chi connectivity index (χ3n) is 2.68. The van der Waals surface area contributed by atoms with Gasteiger partial charge < -0.3 is 14.6 Å². The minimum Gasteiger partial charge on any atom is -0.463 e. The molecule has 0 aliphatic carbocycles. The summed E-state index contributed by atoms with van der Waals surface area (Å²) in [5.74, 6) is 1.04. The summed E-state index contributed by atoms with van der Waals surface area (Å²) in [6.07, 6.45) is 4.17. The third kappa shape index (κ3) is 7.51. The Morgan fingerprint density at radius 2 is 2.28 bits per heavy atom. The van der Waals surface area contributed by atoms with Crippen molar-refractivity contribution in [2.45, 2.75) is 43.5 Å². The number of ether oxygens (including phenoxy) is 2. The van der Waals surface area contributed by atoms with Crippen LogP contribution in [-0.4, -0.2) is 48.5 Å². The van der Waals surface area contributed by atoms with Crippen LogP contribution in [-0.2, 0) is 14.3 Å². The summed E-state index contributed by atoms with van der Waals surface area (Å²) in [5.41, 5.74) is 0. The van der Waals surface area contributed by atoms with E-state index in [0.717, 1.165) is 18.1 Å². The van der Waals surface area contributed by atoms with Gasteiger partial charge in [-0.25, -0.2) is 0 Å². The van der Waals surface area contributed by atoms with E-state index in [4.69, 9.17) is 9.47 Å². The highest BCUT2D eigenvalue weighted by molar-refractivity contribution is 8.77. The fourth-order valence-electron chi connectivity index (χ4n) is 1.71. The maximum atomic E-state index is 11.4. The maximum Gasteiger partial charge on any atom is 0.305 e. The van der Waals surface area contributed by atoms with E-state index in [9.17, 15) is 9.90 Å². The molecule has 0 saturated carbocycles. The molecule has 0 bridgehead atoms. The largest absolute Gasteiger partial charge is 0.463 e. The fourth-order valence-corrected chi connectivity index (χ4v) is 4.74. The standard InChI is InChI=1S/C12H22O4S2/c1-15-8-10(13)9-16-12(14)5-3-2-4-11-6-7-17-18-11/h10-11,13H,2-9H2,1H3. The lowest BCUT2D eigenvalue weighted by Crippen LogP contribution is -2.23. The Kier molecular flexibility index (Phi) is 8.92. The number of unbranched alkanes of at least 4 members (excludes halogenated alkanes) is 1. The molecule has 0 aromatic rings. The zero-order valence-electron chi connectivity index (χ0n) is 10.8. The lowest BCUT2D eigenvalue weighted by molar-refractivity contribution is -0.147. The Morgan fingerprint density at radius 1 is 1.44 bits per heavy atom. The highest BCUT2D eigenvalue weighted by Gasteiger charge is 2.16. The minimum absolute atomic E-state index is 0.0296. The van der Waals surface area contributed by atoms with Crippen molar-refractivity contribution in [2.24, 2.45) is 0 Å². The molecule has 6 heteroatoms. The van der Waals surface area contributed by atoms with Gasteiger partial charge in [0.25, 0.3) is 0 Å². The Hall–Kier alpha value is 0.0900. The lowest BCUT2D eigenvalue weighted by atomic mass is 10.1. The number of carbonyl (C=O) groups is 1. The number of aliphatic hydroxyl groups is 1. The van der Waals surface area contributed by atoms with Gasteiger partial charge in [0, 0.05) is 24.5 Å². The summed E-state index contributed by atoms with van der Waals surface area (Å²) in [7, 11) is 5.43. The first kappa shape index (κ1) is 16.1. The maximum absolute atomic E-state index is 11.4. The van der Waals surface area contributed by atoms with Crippen molar-refractivity contribution < 1.29 is 19.4 Å². The first-order valence-electron chi connectivity index (χ1n) is 6.33. The summed E-state index contributed by atoms with van der Waals surface area (Å²) >= 11 is 0. The Balaban J connectivity index is 1.92. The van der Waals surface area contributed by atoms with Crippen molar-refractivity contribution in [1.82, 2.24) is 0 Å². The number of rotatable bonds is 9. The molecule has 4 nitrogen and oxygen atoms in total. The van der Waals surface area contributed by atoms with Crippen LogP contribution in [0.2, 0.25) is 0 Å². The second-order valence-corrected chi connectivity index (χ2v) is 7.15. The molecule has 1 heterocycles.